The van der Waals surface area contributed by atoms with Crippen LogP contribution >= 0.6 is 11.6 Å². The summed E-state index contributed by atoms with van der Waals surface area (Å²) in [6, 6.07) is 14.5. The summed E-state index contributed by atoms with van der Waals surface area (Å²) < 4.78 is 57.0. The number of alkyl halides is 2. The van der Waals surface area contributed by atoms with E-state index in [1.807, 2.05) is 12.1 Å². The van der Waals surface area contributed by atoms with Crippen LogP contribution in [0.1, 0.15) is 5.56 Å². The molecule has 1 aliphatic rings. The number of ether oxygens (including phenoxy) is 1. The second kappa shape index (κ2) is 6.10. The molecule has 0 spiro atoms. The summed E-state index contributed by atoms with van der Waals surface area (Å²) in [6.07, 6.45) is 0. The van der Waals surface area contributed by atoms with Crippen LogP contribution in [0.4, 0.5) is 14.5 Å². The number of anilines is 1. The Balaban J connectivity index is 1.84. The highest BCUT2D eigenvalue weighted by molar-refractivity contribution is 7.93. The van der Waals surface area contributed by atoms with Crippen molar-refractivity contribution in [3.8, 4) is 5.75 Å². The van der Waals surface area contributed by atoms with Gasteiger partial charge in [0.1, 0.15) is 5.75 Å². The Labute approximate surface area is 153 Å². The van der Waals surface area contributed by atoms with Crippen LogP contribution in [0.3, 0.4) is 0 Å². The summed E-state index contributed by atoms with van der Waals surface area (Å²) in [7, 11) is -3.81. The van der Waals surface area contributed by atoms with Gasteiger partial charge in [0.05, 0.1) is 17.1 Å². The summed E-state index contributed by atoms with van der Waals surface area (Å²) in [6.45, 7) is -3.19. The molecular weight excluding hydrogens is 384 g/mol. The van der Waals surface area contributed by atoms with E-state index in [1.165, 1.54) is 28.6 Å². The van der Waals surface area contributed by atoms with E-state index >= 15 is 0 Å². The second-order valence-corrected chi connectivity index (χ2v) is 8.04. The van der Waals surface area contributed by atoms with Crippen LogP contribution in [0.5, 0.6) is 5.75 Å². The molecule has 0 atom stereocenters. The predicted octanol–water partition coefficient (Wildman–Crippen LogP) is 4.80. The monoisotopic (exact) mass is 395 g/mol. The molecule has 0 bridgehead atoms. The smallest absolute Gasteiger partial charge is 0.387 e. The van der Waals surface area contributed by atoms with Crippen LogP contribution in [-0.4, -0.2) is 15.0 Å². The van der Waals surface area contributed by atoms with E-state index in [2.05, 4.69) is 4.74 Å². The predicted molar refractivity (Wildman–Crippen MR) is 95.4 cm³/mol. The minimum Gasteiger partial charge on any atom is -0.434 e. The molecule has 0 fully saturated rings. The van der Waals surface area contributed by atoms with Crippen LogP contribution in [0, 0.1) is 0 Å². The highest BCUT2D eigenvalue weighted by Crippen LogP contribution is 2.43. The number of hydrogen-bond donors (Lipinski definition) is 0. The third kappa shape index (κ3) is 2.68. The number of nitrogens with zero attached hydrogens (tertiary/aromatic N) is 1. The lowest BCUT2D eigenvalue weighted by atomic mass is 10.1. The molecular formula is C18H12ClF2NO3S. The van der Waals surface area contributed by atoms with Gasteiger partial charge in [-0.2, -0.15) is 8.78 Å². The van der Waals surface area contributed by atoms with Gasteiger partial charge < -0.3 is 4.74 Å². The van der Waals surface area contributed by atoms with Crippen LogP contribution in [0.2, 0.25) is 5.02 Å². The van der Waals surface area contributed by atoms with Crippen LogP contribution in [0.15, 0.2) is 59.5 Å². The zero-order valence-corrected chi connectivity index (χ0v) is 14.8. The zero-order chi connectivity index (χ0) is 18.5. The van der Waals surface area contributed by atoms with E-state index in [4.69, 9.17) is 11.6 Å². The first-order chi connectivity index (χ1) is 12.4. The first kappa shape index (κ1) is 17.1. The minimum atomic E-state index is -3.81. The Morgan fingerprint density at radius 1 is 1.08 bits per heavy atom. The van der Waals surface area contributed by atoms with Gasteiger partial charge in [-0.3, -0.25) is 4.31 Å². The Hall–Kier alpha value is -2.38. The van der Waals surface area contributed by atoms with E-state index in [-0.39, 0.29) is 22.8 Å². The van der Waals surface area contributed by atoms with E-state index in [9.17, 15) is 17.2 Å². The van der Waals surface area contributed by atoms with Crippen molar-refractivity contribution in [1.29, 1.82) is 0 Å². The lowest BCUT2D eigenvalue weighted by molar-refractivity contribution is -0.0504. The molecule has 26 heavy (non-hydrogen) atoms. The van der Waals surface area contributed by atoms with Crippen molar-refractivity contribution in [2.75, 3.05) is 4.31 Å². The van der Waals surface area contributed by atoms with Gasteiger partial charge in [-0.15, -0.1) is 0 Å². The molecule has 0 aliphatic carbocycles. The number of hydrogen-bond acceptors (Lipinski definition) is 3. The molecule has 0 saturated heterocycles. The SMILES string of the molecule is O=S1(=O)c2cccc3cccc(c23)N1Cc1cc(Cl)ccc1OC(F)F. The molecule has 1 heterocycles. The van der Waals surface area contributed by atoms with E-state index in [0.717, 1.165) is 5.39 Å². The maximum absolute atomic E-state index is 13.0. The summed E-state index contributed by atoms with van der Waals surface area (Å²) in [5.74, 6) is -0.109. The van der Waals surface area contributed by atoms with Gasteiger partial charge in [-0.25, -0.2) is 8.42 Å². The lowest BCUT2D eigenvalue weighted by Crippen LogP contribution is -2.27. The molecule has 0 N–H and O–H groups in total. The average molecular weight is 396 g/mol. The molecule has 4 nitrogen and oxygen atoms in total. The Kier molecular flexibility index (Phi) is 4.00. The fourth-order valence-corrected chi connectivity index (χ4v) is 5.05. The van der Waals surface area contributed by atoms with E-state index in [1.54, 1.807) is 18.2 Å². The highest BCUT2D eigenvalue weighted by Gasteiger charge is 2.36. The quantitative estimate of drug-likeness (QED) is 0.637. The van der Waals surface area contributed by atoms with Crippen molar-refractivity contribution in [3.63, 3.8) is 0 Å². The minimum absolute atomic E-state index is 0.109. The number of sulfonamides is 1. The standard InChI is InChI=1S/C18H12ClF2NO3S/c19-13-7-8-15(25-18(20)21)12(9-13)10-22-14-5-1-3-11-4-2-6-16(17(11)14)26(22,23)24/h1-9,18H,10H2. The molecule has 1 aliphatic heterocycles. The van der Waals surface area contributed by atoms with Gasteiger partial charge in [0.2, 0.25) is 0 Å². The largest absolute Gasteiger partial charge is 0.434 e. The normalized spacial score (nSPS) is 15.0. The summed E-state index contributed by atoms with van der Waals surface area (Å²) in [4.78, 5) is 0.198. The van der Waals surface area contributed by atoms with Gasteiger partial charge in [0, 0.05) is 16.0 Å². The second-order valence-electron chi connectivity index (χ2n) is 5.77. The molecule has 8 heteroatoms. The van der Waals surface area contributed by atoms with E-state index < -0.39 is 16.6 Å². The molecule has 3 aromatic carbocycles. The number of halogens is 3. The summed E-state index contributed by atoms with van der Waals surface area (Å²) in [5.41, 5.74) is 0.757. The van der Waals surface area contributed by atoms with Crippen molar-refractivity contribution in [1.82, 2.24) is 0 Å². The lowest BCUT2D eigenvalue weighted by Gasteiger charge is -2.21. The summed E-state index contributed by atoms with van der Waals surface area (Å²) in [5, 5.41) is 1.71. The third-order valence-electron chi connectivity index (χ3n) is 4.23. The highest BCUT2D eigenvalue weighted by atomic mass is 35.5. The van der Waals surface area contributed by atoms with Gasteiger partial charge in [0.15, 0.2) is 0 Å². The molecule has 0 radical (unpaired) electrons. The zero-order valence-electron chi connectivity index (χ0n) is 13.2. The first-order valence-corrected chi connectivity index (χ1v) is 9.47. The number of benzene rings is 3. The first-order valence-electron chi connectivity index (χ1n) is 7.65. The van der Waals surface area contributed by atoms with Crippen molar-refractivity contribution < 1.29 is 21.9 Å². The molecule has 0 aromatic heterocycles. The molecule has 0 unspecified atom stereocenters. The van der Waals surface area contributed by atoms with Gasteiger partial charge in [-0.05, 0) is 35.7 Å². The Bertz CT molecular complexity index is 1110. The van der Waals surface area contributed by atoms with Gasteiger partial charge in [0.25, 0.3) is 10.0 Å². The topological polar surface area (TPSA) is 46.6 Å². The molecule has 0 saturated carbocycles. The molecule has 134 valence electrons. The Morgan fingerprint density at radius 3 is 2.54 bits per heavy atom. The van der Waals surface area contributed by atoms with Crippen molar-refractivity contribution >= 4 is 38.1 Å². The molecule has 4 rings (SSSR count). The fraction of sp³-hybridized carbons (Fsp3) is 0.111. The van der Waals surface area contributed by atoms with Gasteiger partial charge >= 0.3 is 6.61 Å². The fourth-order valence-electron chi connectivity index (χ4n) is 3.17. The maximum Gasteiger partial charge on any atom is 0.387 e. The maximum atomic E-state index is 13.0. The van der Waals surface area contributed by atoms with Crippen LogP contribution in [-0.2, 0) is 16.6 Å². The van der Waals surface area contributed by atoms with Crippen molar-refractivity contribution in [2.24, 2.45) is 0 Å². The summed E-state index contributed by atoms with van der Waals surface area (Å²) >= 11 is 5.97. The molecule has 0 amide bonds. The molecule has 3 aromatic rings. The Morgan fingerprint density at radius 2 is 1.81 bits per heavy atom. The van der Waals surface area contributed by atoms with Crippen LogP contribution < -0.4 is 9.04 Å². The third-order valence-corrected chi connectivity index (χ3v) is 6.27. The number of rotatable bonds is 4. The van der Waals surface area contributed by atoms with Gasteiger partial charge in [-0.1, -0.05) is 35.9 Å². The van der Waals surface area contributed by atoms with Crippen molar-refractivity contribution in [2.45, 2.75) is 18.1 Å². The average Bonchev–Trinajstić information content (AvgIpc) is 2.80. The van der Waals surface area contributed by atoms with Crippen molar-refractivity contribution in [3.05, 3.63) is 65.2 Å². The van der Waals surface area contributed by atoms with Crippen LogP contribution in [0.25, 0.3) is 10.8 Å². The van der Waals surface area contributed by atoms with E-state index in [0.29, 0.717) is 16.1 Å².